The molecule has 5 nitrogen and oxygen atoms in total. The molecule has 2 rings (SSSR count). The van der Waals surface area contributed by atoms with Crippen LogP contribution in [0.5, 0.6) is 0 Å². The summed E-state index contributed by atoms with van der Waals surface area (Å²) in [5.74, 6) is 0.598. The quantitative estimate of drug-likeness (QED) is 0.752. The molecule has 2 saturated heterocycles. The van der Waals surface area contributed by atoms with Gasteiger partial charge in [-0.3, -0.25) is 4.79 Å². The van der Waals surface area contributed by atoms with E-state index >= 15 is 0 Å². The molecule has 2 heterocycles. The minimum Gasteiger partial charge on any atom is -0.381 e. The monoisotopic (exact) mass is 256 g/mol. The molecule has 0 spiro atoms. The lowest BCUT2D eigenvalue weighted by molar-refractivity contribution is -0.126. The predicted octanol–water partition coefficient (Wildman–Crippen LogP) is 0.152. The molecule has 0 aromatic heterocycles. The van der Waals surface area contributed by atoms with Gasteiger partial charge in [0, 0.05) is 25.3 Å². The van der Waals surface area contributed by atoms with Gasteiger partial charge in [-0.05, 0) is 32.7 Å². The molecule has 5 heteroatoms. The smallest absolute Gasteiger partial charge is 0.227 e. The first-order valence-corrected chi connectivity index (χ1v) is 6.85. The van der Waals surface area contributed by atoms with Crippen LogP contribution in [0.4, 0.5) is 0 Å². The largest absolute Gasteiger partial charge is 0.381 e. The molecule has 0 aliphatic carbocycles. The highest BCUT2D eigenvalue weighted by Crippen LogP contribution is 2.20. The standard InChI is InChI=1S/C13H24N2O3/c1-9(10-3-5-17-6-4-10)15-13(16)11-7-18-8-12(11)14-2/h9-12,14H,3-8H2,1-2H3,(H,15,16). The third kappa shape index (κ3) is 3.22. The van der Waals surface area contributed by atoms with Crippen molar-refractivity contribution in [2.45, 2.75) is 31.8 Å². The maximum atomic E-state index is 12.2. The molecule has 2 aliphatic rings. The van der Waals surface area contributed by atoms with E-state index in [1.54, 1.807) is 0 Å². The van der Waals surface area contributed by atoms with Crippen molar-refractivity contribution >= 4 is 5.91 Å². The Morgan fingerprint density at radius 2 is 1.94 bits per heavy atom. The molecular weight excluding hydrogens is 232 g/mol. The first-order chi connectivity index (χ1) is 8.72. The maximum absolute atomic E-state index is 12.2. The third-order valence-corrected chi connectivity index (χ3v) is 4.13. The summed E-state index contributed by atoms with van der Waals surface area (Å²) in [6.45, 7) is 4.88. The van der Waals surface area contributed by atoms with Gasteiger partial charge in [-0.15, -0.1) is 0 Å². The number of amides is 1. The number of hydrogen-bond donors (Lipinski definition) is 2. The van der Waals surface area contributed by atoms with Crippen LogP contribution < -0.4 is 10.6 Å². The van der Waals surface area contributed by atoms with E-state index in [0.717, 1.165) is 26.1 Å². The zero-order chi connectivity index (χ0) is 13.0. The molecule has 2 fully saturated rings. The minimum absolute atomic E-state index is 0.0581. The first-order valence-electron chi connectivity index (χ1n) is 6.85. The fourth-order valence-electron chi connectivity index (χ4n) is 2.76. The average molecular weight is 256 g/mol. The van der Waals surface area contributed by atoms with Crippen LogP contribution in [-0.2, 0) is 14.3 Å². The zero-order valence-electron chi connectivity index (χ0n) is 11.3. The molecule has 2 N–H and O–H groups in total. The van der Waals surface area contributed by atoms with Crippen LogP contribution in [0.3, 0.4) is 0 Å². The minimum atomic E-state index is -0.0581. The van der Waals surface area contributed by atoms with Crippen LogP contribution in [0.25, 0.3) is 0 Å². The number of nitrogens with one attached hydrogen (secondary N) is 2. The van der Waals surface area contributed by atoms with Gasteiger partial charge in [-0.25, -0.2) is 0 Å². The maximum Gasteiger partial charge on any atom is 0.227 e. The highest BCUT2D eigenvalue weighted by molar-refractivity contribution is 5.80. The summed E-state index contributed by atoms with van der Waals surface area (Å²) in [6, 6.07) is 0.367. The SMILES string of the molecule is CNC1COCC1C(=O)NC(C)C1CCOCC1. The fraction of sp³-hybridized carbons (Fsp3) is 0.923. The summed E-state index contributed by atoms with van der Waals surface area (Å²) in [4.78, 5) is 12.2. The molecule has 0 saturated carbocycles. The number of carbonyl (C=O) groups is 1. The van der Waals surface area contributed by atoms with Gasteiger partial charge in [0.05, 0.1) is 19.1 Å². The molecule has 3 unspecified atom stereocenters. The highest BCUT2D eigenvalue weighted by atomic mass is 16.5. The fourth-order valence-corrected chi connectivity index (χ4v) is 2.76. The van der Waals surface area contributed by atoms with Crippen molar-refractivity contribution < 1.29 is 14.3 Å². The van der Waals surface area contributed by atoms with Crippen molar-refractivity contribution in [1.82, 2.24) is 10.6 Å². The van der Waals surface area contributed by atoms with Crippen molar-refractivity contribution in [2.24, 2.45) is 11.8 Å². The van der Waals surface area contributed by atoms with Gasteiger partial charge >= 0.3 is 0 Å². The molecule has 3 atom stereocenters. The second-order valence-electron chi connectivity index (χ2n) is 5.29. The van der Waals surface area contributed by atoms with E-state index in [2.05, 4.69) is 17.6 Å². The normalized spacial score (nSPS) is 31.2. The van der Waals surface area contributed by atoms with Crippen LogP contribution in [0.2, 0.25) is 0 Å². The van der Waals surface area contributed by atoms with Gasteiger partial charge < -0.3 is 20.1 Å². The molecule has 2 aliphatic heterocycles. The summed E-state index contributed by atoms with van der Waals surface area (Å²) in [6.07, 6.45) is 2.08. The lowest BCUT2D eigenvalue weighted by Gasteiger charge is -2.29. The van der Waals surface area contributed by atoms with Crippen molar-refractivity contribution in [3.8, 4) is 0 Å². The molecule has 0 aromatic carbocycles. The third-order valence-electron chi connectivity index (χ3n) is 4.13. The Balaban J connectivity index is 1.82. The van der Waals surface area contributed by atoms with Crippen LogP contribution in [0, 0.1) is 11.8 Å². The first kappa shape index (κ1) is 13.8. The van der Waals surface area contributed by atoms with Crippen molar-refractivity contribution in [1.29, 1.82) is 0 Å². The number of carbonyl (C=O) groups excluding carboxylic acids is 1. The van der Waals surface area contributed by atoms with Gasteiger partial charge in [0.25, 0.3) is 0 Å². The summed E-state index contributed by atoms with van der Waals surface area (Å²) >= 11 is 0. The Morgan fingerprint density at radius 1 is 1.22 bits per heavy atom. The zero-order valence-corrected chi connectivity index (χ0v) is 11.3. The second kappa shape index (κ2) is 6.50. The molecule has 104 valence electrons. The van der Waals surface area contributed by atoms with E-state index in [9.17, 15) is 4.79 Å². The Kier molecular flexibility index (Phi) is 4.97. The molecule has 1 amide bonds. The molecule has 0 aromatic rings. The predicted molar refractivity (Wildman–Crippen MR) is 68.3 cm³/mol. The number of hydrogen-bond acceptors (Lipinski definition) is 4. The van der Waals surface area contributed by atoms with Gasteiger partial charge in [0.2, 0.25) is 5.91 Å². The Labute approximate surface area is 109 Å². The van der Waals surface area contributed by atoms with E-state index in [1.165, 1.54) is 0 Å². The number of rotatable bonds is 4. The Bertz CT molecular complexity index is 279. The summed E-state index contributed by atoms with van der Waals surface area (Å²) < 4.78 is 10.7. The van der Waals surface area contributed by atoms with E-state index in [1.807, 2.05) is 7.05 Å². The van der Waals surface area contributed by atoms with Gasteiger partial charge in [-0.2, -0.15) is 0 Å². The Morgan fingerprint density at radius 3 is 2.61 bits per heavy atom. The van der Waals surface area contributed by atoms with Crippen molar-refractivity contribution in [2.75, 3.05) is 33.5 Å². The van der Waals surface area contributed by atoms with Crippen molar-refractivity contribution in [3.05, 3.63) is 0 Å². The number of ether oxygens (including phenoxy) is 2. The van der Waals surface area contributed by atoms with Gasteiger partial charge in [0.15, 0.2) is 0 Å². The van der Waals surface area contributed by atoms with E-state index in [0.29, 0.717) is 19.1 Å². The van der Waals surface area contributed by atoms with Crippen molar-refractivity contribution in [3.63, 3.8) is 0 Å². The lowest BCUT2D eigenvalue weighted by Crippen LogP contribution is -2.47. The summed E-state index contributed by atoms with van der Waals surface area (Å²) in [7, 11) is 1.88. The molecule has 0 radical (unpaired) electrons. The highest BCUT2D eigenvalue weighted by Gasteiger charge is 2.34. The molecule has 18 heavy (non-hydrogen) atoms. The van der Waals surface area contributed by atoms with Crippen LogP contribution in [0.1, 0.15) is 19.8 Å². The second-order valence-corrected chi connectivity index (χ2v) is 5.29. The van der Waals surface area contributed by atoms with E-state index in [4.69, 9.17) is 9.47 Å². The topological polar surface area (TPSA) is 59.6 Å². The van der Waals surface area contributed by atoms with Crippen LogP contribution in [0.15, 0.2) is 0 Å². The molecular formula is C13H24N2O3. The average Bonchev–Trinajstić information content (AvgIpc) is 2.88. The lowest BCUT2D eigenvalue weighted by atomic mass is 9.92. The van der Waals surface area contributed by atoms with E-state index in [-0.39, 0.29) is 23.9 Å². The molecule has 0 bridgehead atoms. The van der Waals surface area contributed by atoms with Gasteiger partial charge in [0.1, 0.15) is 0 Å². The van der Waals surface area contributed by atoms with E-state index < -0.39 is 0 Å². The van der Waals surface area contributed by atoms with Crippen LogP contribution >= 0.6 is 0 Å². The van der Waals surface area contributed by atoms with Gasteiger partial charge in [-0.1, -0.05) is 0 Å². The summed E-state index contributed by atoms with van der Waals surface area (Å²) in [5.41, 5.74) is 0. The number of likely N-dealkylation sites (N-methyl/N-ethyl adjacent to an activating group) is 1. The van der Waals surface area contributed by atoms with Crippen LogP contribution in [-0.4, -0.2) is 51.5 Å². The summed E-state index contributed by atoms with van der Waals surface area (Å²) in [5, 5.41) is 6.28. The Hall–Kier alpha value is -0.650.